The number of aryl methyl sites for hydroxylation is 2. The Hall–Kier alpha value is -2.74. The largest absolute Gasteiger partial charge is 0.466 e. The second kappa shape index (κ2) is 11.4. The van der Waals surface area contributed by atoms with Crippen molar-refractivity contribution in [3.05, 3.63) is 70.3 Å². The van der Waals surface area contributed by atoms with Gasteiger partial charge < -0.3 is 10.5 Å². The number of benzene rings is 2. The molecule has 33 heavy (non-hydrogen) atoms. The van der Waals surface area contributed by atoms with E-state index in [4.69, 9.17) is 10.5 Å². The molecule has 8 heteroatoms. The molecule has 2 rings (SSSR count). The van der Waals surface area contributed by atoms with Crippen LogP contribution in [0.5, 0.6) is 0 Å². The minimum atomic E-state index is -4.99. The van der Waals surface area contributed by atoms with E-state index in [1.54, 1.807) is 13.8 Å². The Balaban J connectivity index is 2.66. The van der Waals surface area contributed by atoms with E-state index in [-0.39, 0.29) is 12.2 Å². The lowest BCUT2D eigenvalue weighted by molar-refractivity contribution is -0.143. The first-order valence-corrected chi connectivity index (χ1v) is 10.7. The van der Waals surface area contributed by atoms with Gasteiger partial charge in [-0.05, 0) is 86.6 Å². The lowest BCUT2D eigenvalue weighted by Crippen LogP contribution is -2.21. The monoisotopic (exact) mass is 469 g/mol. The first kappa shape index (κ1) is 26.5. The van der Waals surface area contributed by atoms with Crippen molar-refractivity contribution >= 4 is 5.97 Å². The number of allylic oxidation sites excluding steroid dienone is 2. The molecule has 0 spiro atoms. The lowest BCUT2D eigenvalue weighted by Gasteiger charge is -2.20. The molecule has 2 aromatic rings. The summed E-state index contributed by atoms with van der Waals surface area (Å²) in [5, 5.41) is 0. The second-order valence-corrected chi connectivity index (χ2v) is 7.76. The number of carbonyl (C=O) groups is 1. The van der Waals surface area contributed by atoms with Gasteiger partial charge in [0.2, 0.25) is 0 Å². The Bertz CT molecular complexity index is 1010. The standard InChI is InChI=1S/C25H28F5NO2/c1-4-6-7-8-9-16-11-18(26)10-15(3)23(16)17-12-19(21(31)14-22(32)33-5-2)24(27)20(13-17)25(28,29)30/h4,6,10-13,21H,5,7-9,14,31H2,1-3H3/t21-/m0/s1. The van der Waals surface area contributed by atoms with Crippen LogP contribution in [0.2, 0.25) is 0 Å². The topological polar surface area (TPSA) is 52.3 Å². The van der Waals surface area contributed by atoms with E-state index in [0.717, 1.165) is 6.42 Å². The molecule has 3 nitrogen and oxygen atoms in total. The number of esters is 1. The van der Waals surface area contributed by atoms with Crippen molar-refractivity contribution < 1.29 is 31.5 Å². The summed E-state index contributed by atoms with van der Waals surface area (Å²) in [6, 6.07) is 3.09. The van der Waals surface area contributed by atoms with Crippen LogP contribution in [0.3, 0.4) is 0 Å². The highest BCUT2D eigenvalue weighted by atomic mass is 19.4. The normalized spacial score (nSPS) is 12.9. The smallest absolute Gasteiger partial charge is 0.419 e. The van der Waals surface area contributed by atoms with Gasteiger partial charge in [0.15, 0.2) is 0 Å². The molecule has 0 amide bonds. The van der Waals surface area contributed by atoms with Crippen LogP contribution in [0.15, 0.2) is 36.4 Å². The molecule has 0 saturated heterocycles. The van der Waals surface area contributed by atoms with Gasteiger partial charge in [-0.1, -0.05) is 12.2 Å². The maximum Gasteiger partial charge on any atom is 0.419 e. The highest BCUT2D eigenvalue weighted by Gasteiger charge is 2.37. The molecular weight excluding hydrogens is 441 g/mol. The first-order valence-electron chi connectivity index (χ1n) is 10.7. The molecule has 0 aliphatic rings. The van der Waals surface area contributed by atoms with Crippen LogP contribution in [0, 0.1) is 18.6 Å². The molecular formula is C25H28F5NO2. The fourth-order valence-corrected chi connectivity index (χ4v) is 3.78. The third kappa shape index (κ3) is 6.87. The molecule has 0 bridgehead atoms. The summed E-state index contributed by atoms with van der Waals surface area (Å²) < 4.78 is 74.9. The Morgan fingerprint density at radius 3 is 2.48 bits per heavy atom. The van der Waals surface area contributed by atoms with Crippen molar-refractivity contribution in [2.45, 2.75) is 58.7 Å². The molecule has 0 unspecified atom stereocenters. The first-order chi connectivity index (χ1) is 15.5. The Morgan fingerprint density at radius 2 is 1.88 bits per heavy atom. The van der Waals surface area contributed by atoms with E-state index in [1.165, 1.54) is 18.2 Å². The summed E-state index contributed by atoms with van der Waals surface area (Å²) in [6.45, 7) is 5.09. The number of nitrogens with two attached hydrogens (primary N) is 1. The average Bonchev–Trinajstić information content (AvgIpc) is 2.70. The number of hydrogen-bond acceptors (Lipinski definition) is 3. The van der Waals surface area contributed by atoms with E-state index in [0.29, 0.717) is 35.6 Å². The Labute approximate surface area is 190 Å². The van der Waals surface area contributed by atoms with Gasteiger partial charge >= 0.3 is 12.1 Å². The number of alkyl halides is 3. The van der Waals surface area contributed by atoms with E-state index < -0.39 is 47.4 Å². The molecule has 0 saturated carbocycles. The van der Waals surface area contributed by atoms with Gasteiger partial charge in [-0.3, -0.25) is 4.79 Å². The molecule has 180 valence electrons. The van der Waals surface area contributed by atoms with E-state index in [1.807, 2.05) is 19.1 Å². The van der Waals surface area contributed by atoms with E-state index >= 15 is 0 Å². The zero-order chi connectivity index (χ0) is 24.8. The number of ether oxygens (including phenoxy) is 1. The third-order valence-electron chi connectivity index (χ3n) is 5.22. The summed E-state index contributed by atoms with van der Waals surface area (Å²) in [7, 11) is 0. The Morgan fingerprint density at radius 1 is 1.18 bits per heavy atom. The van der Waals surface area contributed by atoms with Crippen LogP contribution < -0.4 is 5.73 Å². The molecule has 0 aliphatic carbocycles. The van der Waals surface area contributed by atoms with Crippen molar-refractivity contribution in [3.63, 3.8) is 0 Å². The molecule has 2 N–H and O–H groups in total. The maximum absolute atomic E-state index is 14.9. The quantitative estimate of drug-likeness (QED) is 0.190. The van der Waals surface area contributed by atoms with Gasteiger partial charge in [-0.15, -0.1) is 0 Å². The zero-order valence-corrected chi connectivity index (χ0v) is 18.9. The van der Waals surface area contributed by atoms with Crippen LogP contribution in [0.4, 0.5) is 22.0 Å². The number of rotatable bonds is 9. The summed E-state index contributed by atoms with van der Waals surface area (Å²) in [6.07, 6.45) is 0.146. The maximum atomic E-state index is 14.9. The van der Waals surface area contributed by atoms with Gasteiger partial charge in [0.05, 0.1) is 18.6 Å². The molecule has 0 fully saturated rings. The highest BCUT2D eigenvalue weighted by molar-refractivity contribution is 5.74. The van der Waals surface area contributed by atoms with Crippen molar-refractivity contribution in [1.29, 1.82) is 0 Å². The van der Waals surface area contributed by atoms with E-state index in [2.05, 4.69) is 0 Å². The lowest BCUT2D eigenvalue weighted by atomic mass is 9.88. The van der Waals surface area contributed by atoms with Crippen LogP contribution in [-0.4, -0.2) is 12.6 Å². The van der Waals surface area contributed by atoms with Crippen molar-refractivity contribution in [1.82, 2.24) is 0 Å². The van der Waals surface area contributed by atoms with Crippen molar-refractivity contribution in [2.24, 2.45) is 5.73 Å². The number of hydrogen-bond donors (Lipinski definition) is 1. The minimum absolute atomic E-state index is 0.0627. The van der Waals surface area contributed by atoms with Crippen molar-refractivity contribution in [3.8, 4) is 11.1 Å². The molecule has 0 heterocycles. The SMILES string of the molecule is CC=CCCCc1cc(F)cc(C)c1-c1cc([C@@H](N)CC(=O)OCC)c(F)c(C(F)(F)F)c1. The van der Waals surface area contributed by atoms with Gasteiger partial charge in [0.1, 0.15) is 11.6 Å². The van der Waals surface area contributed by atoms with Gasteiger partial charge in [0, 0.05) is 11.6 Å². The van der Waals surface area contributed by atoms with Crippen LogP contribution >= 0.6 is 0 Å². The predicted molar refractivity (Wildman–Crippen MR) is 117 cm³/mol. The molecule has 0 radical (unpaired) electrons. The predicted octanol–water partition coefficient (Wildman–Crippen LogP) is 6.81. The molecule has 2 aromatic carbocycles. The van der Waals surface area contributed by atoms with Crippen LogP contribution in [0.1, 0.15) is 61.4 Å². The second-order valence-electron chi connectivity index (χ2n) is 7.76. The number of unbranched alkanes of at least 4 members (excludes halogenated alkanes) is 1. The molecule has 0 aliphatic heterocycles. The van der Waals surface area contributed by atoms with E-state index in [9.17, 15) is 26.7 Å². The molecule has 0 aromatic heterocycles. The Kier molecular flexibility index (Phi) is 9.16. The minimum Gasteiger partial charge on any atom is -0.466 e. The summed E-state index contributed by atoms with van der Waals surface area (Å²) in [5.41, 5.74) is 5.38. The fourth-order valence-electron chi connectivity index (χ4n) is 3.78. The average molecular weight is 469 g/mol. The van der Waals surface area contributed by atoms with Gasteiger partial charge in [0.25, 0.3) is 0 Å². The molecule has 1 atom stereocenters. The van der Waals surface area contributed by atoms with Crippen LogP contribution in [0.25, 0.3) is 11.1 Å². The van der Waals surface area contributed by atoms with Crippen molar-refractivity contribution in [2.75, 3.05) is 6.61 Å². The number of halogens is 5. The van der Waals surface area contributed by atoms with Crippen LogP contribution in [-0.2, 0) is 22.1 Å². The van der Waals surface area contributed by atoms with Gasteiger partial charge in [-0.25, -0.2) is 8.78 Å². The summed E-state index contributed by atoms with van der Waals surface area (Å²) in [5.74, 6) is -2.78. The highest BCUT2D eigenvalue weighted by Crippen LogP contribution is 2.40. The fraction of sp³-hybridized carbons (Fsp3) is 0.400. The third-order valence-corrected chi connectivity index (χ3v) is 5.22. The summed E-state index contributed by atoms with van der Waals surface area (Å²) in [4.78, 5) is 11.8. The zero-order valence-electron chi connectivity index (χ0n) is 18.9. The van der Waals surface area contributed by atoms with Gasteiger partial charge in [-0.2, -0.15) is 13.2 Å². The summed E-state index contributed by atoms with van der Waals surface area (Å²) >= 11 is 0. The number of carbonyl (C=O) groups excluding carboxylic acids is 1.